The maximum Gasteiger partial charge on any atom is 0.226 e. The van der Waals surface area contributed by atoms with Crippen LogP contribution in [0.15, 0.2) is 30.3 Å². The van der Waals surface area contributed by atoms with Crippen LogP contribution in [0.4, 0.5) is 5.95 Å². The molecule has 4 rings (SSSR count). The Labute approximate surface area is 178 Å². The third-order valence-corrected chi connectivity index (χ3v) is 6.01. The molecule has 0 spiro atoms. The molecule has 1 saturated heterocycles. The lowest BCUT2D eigenvalue weighted by molar-refractivity contribution is 0.284. The van der Waals surface area contributed by atoms with Gasteiger partial charge in [-0.15, -0.1) is 0 Å². The summed E-state index contributed by atoms with van der Waals surface area (Å²) in [6.07, 6.45) is 1.06. The van der Waals surface area contributed by atoms with E-state index in [0.717, 1.165) is 67.3 Å². The van der Waals surface area contributed by atoms with Crippen molar-refractivity contribution in [3.8, 4) is 11.5 Å². The van der Waals surface area contributed by atoms with Crippen molar-refractivity contribution < 1.29 is 9.84 Å². The third kappa shape index (κ3) is 4.19. The molecule has 0 aliphatic carbocycles. The number of anilines is 1. The molecule has 1 aliphatic heterocycles. The Kier molecular flexibility index (Phi) is 5.77. The van der Waals surface area contributed by atoms with Crippen molar-refractivity contribution >= 4 is 16.9 Å². The molecule has 0 amide bonds. The largest absolute Gasteiger partial charge is 0.504 e. The molecular weight excluding hydrogens is 376 g/mol. The van der Waals surface area contributed by atoms with Gasteiger partial charge in [-0.2, -0.15) is 0 Å². The van der Waals surface area contributed by atoms with Crippen LogP contribution in [0.5, 0.6) is 11.5 Å². The van der Waals surface area contributed by atoms with Crippen LogP contribution in [-0.2, 0) is 6.54 Å². The Hall–Kier alpha value is -2.86. The molecule has 0 bridgehead atoms. The van der Waals surface area contributed by atoms with Crippen LogP contribution >= 0.6 is 0 Å². The number of fused-ring (bicyclic) bond motifs is 1. The van der Waals surface area contributed by atoms with Crippen molar-refractivity contribution in [3.63, 3.8) is 0 Å². The second-order valence-corrected chi connectivity index (χ2v) is 8.19. The summed E-state index contributed by atoms with van der Waals surface area (Å²) < 4.78 is 5.24. The van der Waals surface area contributed by atoms with E-state index >= 15 is 0 Å². The second-order valence-electron chi connectivity index (χ2n) is 8.19. The summed E-state index contributed by atoms with van der Waals surface area (Å²) in [6.45, 7) is 11.0. The lowest BCUT2D eigenvalue weighted by Gasteiger charge is -2.23. The fourth-order valence-corrected chi connectivity index (χ4v) is 4.08. The Morgan fingerprint density at radius 2 is 1.77 bits per heavy atom. The molecule has 6 heteroatoms. The Bertz CT molecular complexity index is 1070. The molecule has 3 aromatic rings. The first-order valence-corrected chi connectivity index (χ1v) is 10.5. The van der Waals surface area contributed by atoms with Crippen LogP contribution < -0.4 is 9.64 Å². The van der Waals surface area contributed by atoms with E-state index in [1.54, 1.807) is 13.2 Å². The van der Waals surface area contributed by atoms with Crippen LogP contribution in [0.3, 0.4) is 0 Å². The third-order valence-electron chi connectivity index (χ3n) is 6.01. The monoisotopic (exact) mass is 406 g/mol. The standard InChI is InChI=1S/C24H30N4O2/c1-16-12-20-18(3)25-24(26-21(20)13-17(16)2)28-9-5-8-27(10-11-28)15-19-6-7-22(29)23(14-19)30-4/h6-7,12-14,29H,5,8-11,15H2,1-4H3. The average molecular weight is 407 g/mol. The number of hydrogen-bond donors (Lipinski definition) is 1. The molecule has 1 N–H and O–H groups in total. The molecule has 2 heterocycles. The molecular formula is C24H30N4O2. The SMILES string of the molecule is COc1cc(CN2CCCN(c3nc(C)c4cc(C)c(C)cc4n3)CC2)ccc1O. The Balaban J connectivity index is 1.49. The first-order valence-electron chi connectivity index (χ1n) is 10.5. The van der Waals surface area contributed by atoms with E-state index in [-0.39, 0.29) is 5.75 Å². The summed E-state index contributed by atoms with van der Waals surface area (Å²) in [5.74, 6) is 1.53. The van der Waals surface area contributed by atoms with E-state index in [1.165, 1.54) is 11.1 Å². The number of hydrogen-bond acceptors (Lipinski definition) is 6. The van der Waals surface area contributed by atoms with Crippen molar-refractivity contribution in [2.75, 3.05) is 38.2 Å². The van der Waals surface area contributed by atoms with E-state index in [4.69, 9.17) is 14.7 Å². The number of aromatic hydroxyl groups is 1. The van der Waals surface area contributed by atoms with Gasteiger partial charge in [0.05, 0.1) is 18.3 Å². The normalized spacial score (nSPS) is 15.4. The summed E-state index contributed by atoms with van der Waals surface area (Å²) in [5, 5.41) is 11.0. The van der Waals surface area contributed by atoms with Gasteiger partial charge in [0.25, 0.3) is 0 Å². The predicted octanol–water partition coefficient (Wildman–Crippen LogP) is 3.98. The minimum Gasteiger partial charge on any atom is -0.504 e. The zero-order valence-corrected chi connectivity index (χ0v) is 18.3. The van der Waals surface area contributed by atoms with E-state index in [0.29, 0.717) is 5.75 Å². The van der Waals surface area contributed by atoms with Crippen LogP contribution in [-0.4, -0.2) is 53.3 Å². The molecule has 30 heavy (non-hydrogen) atoms. The highest BCUT2D eigenvalue weighted by atomic mass is 16.5. The Morgan fingerprint density at radius 3 is 2.57 bits per heavy atom. The molecule has 1 aromatic heterocycles. The molecule has 0 unspecified atom stereocenters. The minimum atomic E-state index is 0.178. The van der Waals surface area contributed by atoms with E-state index in [1.807, 2.05) is 12.1 Å². The number of phenolic OH excluding ortho intramolecular Hbond substituents is 1. The molecule has 2 aromatic carbocycles. The van der Waals surface area contributed by atoms with Crippen molar-refractivity contribution in [3.05, 3.63) is 52.7 Å². The summed E-state index contributed by atoms with van der Waals surface area (Å²) in [6, 6.07) is 9.94. The number of rotatable bonds is 4. The number of aromatic nitrogens is 2. The van der Waals surface area contributed by atoms with Gasteiger partial charge in [0, 0.05) is 38.1 Å². The van der Waals surface area contributed by atoms with E-state index in [9.17, 15) is 5.11 Å². The first-order chi connectivity index (χ1) is 14.4. The van der Waals surface area contributed by atoms with Gasteiger partial charge >= 0.3 is 0 Å². The highest BCUT2D eigenvalue weighted by molar-refractivity contribution is 5.83. The number of methoxy groups -OCH3 is 1. The lowest BCUT2D eigenvalue weighted by Crippen LogP contribution is -2.31. The quantitative estimate of drug-likeness (QED) is 0.707. The topological polar surface area (TPSA) is 61.7 Å². The first kappa shape index (κ1) is 20.4. The second kappa shape index (κ2) is 8.48. The number of ether oxygens (including phenoxy) is 1. The summed E-state index contributed by atoms with van der Waals surface area (Å²) in [7, 11) is 1.58. The van der Waals surface area contributed by atoms with Gasteiger partial charge in [0.1, 0.15) is 0 Å². The highest BCUT2D eigenvalue weighted by Crippen LogP contribution is 2.27. The Morgan fingerprint density at radius 1 is 0.967 bits per heavy atom. The smallest absolute Gasteiger partial charge is 0.226 e. The predicted molar refractivity (Wildman–Crippen MR) is 121 cm³/mol. The zero-order chi connectivity index (χ0) is 21.3. The van der Waals surface area contributed by atoms with Gasteiger partial charge in [0.2, 0.25) is 5.95 Å². The fourth-order valence-electron chi connectivity index (χ4n) is 4.08. The van der Waals surface area contributed by atoms with Crippen molar-refractivity contribution in [1.29, 1.82) is 0 Å². The number of phenols is 1. The van der Waals surface area contributed by atoms with Crippen LogP contribution in [0, 0.1) is 20.8 Å². The van der Waals surface area contributed by atoms with Gasteiger partial charge in [-0.25, -0.2) is 9.97 Å². The molecule has 1 fully saturated rings. The average Bonchev–Trinajstić information content (AvgIpc) is 2.96. The summed E-state index contributed by atoms with van der Waals surface area (Å²) in [5.41, 5.74) is 5.74. The summed E-state index contributed by atoms with van der Waals surface area (Å²) in [4.78, 5) is 14.5. The maximum atomic E-state index is 9.82. The molecule has 158 valence electrons. The van der Waals surface area contributed by atoms with Crippen LogP contribution in [0.2, 0.25) is 0 Å². The maximum absolute atomic E-state index is 9.82. The number of nitrogens with zero attached hydrogens (tertiary/aromatic N) is 4. The molecule has 0 atom stereocenters. The lowest BCUT2D eigenvalue weighted by atomic mass is 10.1. The van der Waals surface area contributed by atoms with Gasteiger partial charge in [-0.05, 0) is 68.1 Å². The van der Waals surface area contributed by atoms with Crippen molar-refractivity contribution in [1.82, 2.24) is 14.9 Å². The van der Waals surface area contributed by atoms with E-state index < -0.39 is 0 Å². The van der Waals surface area contributed by atoms with Crippen molar-refractivity contribution in [2.45, 2.75) is 33.7 Å². The zero-order valence-electron chi connectivity index (χ0n) is 18.3. The van der Waals surface area contributed by atoms with Gasteiger partial charge < -0.3 is 14.7 Å². The molecule has 0 saturated carbocycles. The fraction of sp³-hybridized carbons (Fsp3) is 0.417. The number of aryl methyl sites for hydroxylation is 3. The van der Waals surface area contributed by atoms with Gasteiger partial charge in [0.15, 0.2) is 11.5 Å². The van der Waals surface area contributed by atoms with Crippen molar-refractivity contribution in [2.24, 2.45) is 0 Å². The molecule has 1 aliphatic rings. The van der Waals surface area contributed by atoms with E-state index in [2.05, 4.69) is 42.7 Å². The minimum absolute atomic E-state index is 0.178. The van der Waals surface area contributed by atoms with Gasteiger partial charge in [-0.1, -0.05) is 6.07 Å². The summed E-state index contributed by atoms with van der Waals surface area (Å²) >= 11 is 0. The van der Waals surface area contributed by atoms with Crippen LogP contribution in [0.25, 0.3) is 10.9 Å². The molecule has 6 nitrogen and oxygen atoms in total. The molecule has 0 radical (unpaired) electrons. The number of benzene rings is 2. The van der Waals surface area contributed by atoms with Crippen LogP contribution in [0.1, 0.15) is 28.8 Å². The highest BCUT2D eigenvalue weighted by Gasteiger charge is 2.19. The van der Waals surface area contributed by atoms with Gasteiger partial charge in [-0.3, -0.25) is 4.90 Å².